The van der Waals surface area contributed by atoms with Gasteiger partial charge in [-0.25, -0.2) is 9.78 Å². The number of nitrogens with zero attached hydrogens (tertiary/aromatic N) is 3. The SMILES string of the molecule is NC(=O)C=Cc1c[nH]c2ncc(N3CCN(C(=O)OCCC(F)(F)F)CC3)cc12. The van der Waals surface area contributed by atoms with E-state index in [1.165, 1.54) is 11.0 Å². The molecule has 1 aliphatic rings. The van der Waals surface area contributed by atoms with Crippen LogP contribution in [-0.2, 0) is 9.53 Å². The van der Waals surface area contributed by atoms with Crippen molar-refractivity contribution in [2.75, 3.05) is 37.7 Å². The topological polar surface area (TPSA) is 105 Å². The molecular formula is C18H20F3N5O3. The summed E-state index contributed by atoms with van der Waals surface area (Å²) >= 11 is 0. The lowest BCUT2D eigenvalue weighted by molar-refractivity contribution is -0.141. The van der Waals surface area contributed by atoms with Crippen molar-refractivity contribution in [3.8, 4) is 0 Å². The highest BCUT2D eigenvalue weighted by Gasteiger charge is 2.28. The van der Waals surface area contributed by atoms with E-state index < -0.39 is 31.2 Å². The number of primary amides is 1. The lowest BCUT2D eigenvalue weighted by Crippen LogP contribution is -2.49. The summed E-state index contributed by atoms with van der Waals surface area (Å²) in [5.74, 6) is -0.554. The van der Waals surface area contributed by atoms with Gasteiger partial charge >= 0.3 is 12.3 Å². The predicted molar refractivity (Wildman–Crippen MR) is 100 cm³/mol. The molecule has 2 aromatic heterocycles. The zero-order chi connectivity index (χ0) is 21.0. The Balaban J connectivity index is 1.60. The number of fused-ring (bicyclic) bond motifs is 1. The molecule has 0 radical (unpaired) electrons. The summed E-state index contributed by atoms with van der Waals surface area (Å²) in [6, 6.07) is 1.91. The molecule has 8 nitrogen and oxygen atoms in total. The fourth-order valence-electron chi connectivity index (χ4n) is 2.99. The number of alkyl halides is 3. The van der Waals surface area contributed by atoms with E-state index >= 15 is 0 Å². The molecular weight excluding hydrogens is 391 g/mol. The van der Waals surface area contributed by atoms with Crippen molar-refractivity contribution in [3.63, 3.8) is 0 Å². The van der Waals surface area contributed by atoms with Gasteiger partial charge in [-0.15, -0.1) is 0 Å². The van der Waals surface area contributed by atoms with E-state index in [-0.39, 0.29) is 0 Å². The second kappa shape index (κ2) is 8.41. The minimum Gasteiger partial charge on any atom is -0.449 e. The Morgan fingerprint density at radius 3 is 2.66 bits per heavy atom. The zero-order valence-electron chi connectivity index (χ0n) is 15.4. The summed E-state index contributed by atoms with van der Waals surface area (Å²) in [5.41, 5.74) is 7.38. The first-order chi connectivity index (χ1) is 13.7. The van der Waals surface area contributed by atoms with Crippen LogP contribution in [0.5, 0.6) is 0 Å². The molecule has 0 unspecified atom stereocenters. The normalized spacial score (nSPS) is 15.3. The van der Waals surface area contributed by atoms with Gasteiger partial charge in [0.25, 0.3) is 0 Å². The third kappa shape index (κ3) is 5.39. The third-order valence-electron chi connectivity index (χ3n) is 4.49. The highest BCUT2D eigenvalue weighted by atomic mass is 19.4. The number of nitrogens with two attached hydrogens (primary N) is 1. The predicted octanol–water partition coefficient (Wildman–Crippen LogP) is 2.27. The molecule has 0 aliphatic carbocycles. The minimum absolute atomic E-state index is 0.324. The van der Waals surface area contributed by atoms with Crippen LogP contribution in [0.1, 0.15) is 12.0 Å². The molecule has 0 aromatic carbocycles. The summed E-state index contributed by atoms with van der Waals surface area (Å²) in [7, 11) is 0. The molecule has 156 valence electrons. The van der Waals surface area contributed by atoms with Crippen LogP contribution in [0.2, 0.25) is 0 Å². The van der Waals surface area contributed by atoms with Gasteiger partial charge in [-0.05, 0) is 12.1 Å². The number of piperazine rings is 1. The molecule has 0 saturated carbocycles. The molecule has 29 heavy (non-hydrogen) atoms. The summed E-state index contributed by atoms with van der Waals surface area (Å²) in [5, 5.41) is 0.814. The first-order valence-electron chi connectivity index (χ1n) is 8.91. The average Bonchev–Trinajstić information content (AvgIpc) is 3.07. The molecule has 1 fully saturated rings. The number of aromatic amines is 1. The van der Waals surface area contributed by atoms with Gasteiger partial charge in [0.15, 0.2) is 0 Å². The highest BCUT2D eigenvalue weighted by Crippen LogP contribution is 2.25. The molecule has 2 amide bonds. The highest BCUT2D eigenvalue weighted by molar-refractivity contribution is 5.95. The van der Waals surface area contributed by atoms with Gasteiger partial charge in [-0.2, -0.15) is 13.2 Å². The second-order valence-corrected chi connectivity index (χ2v) is 6.52. The Morgan fingerprint density at radius 2 is 2.00 bits per heavy atom. The fourth-order valence-corrected chi connectivity index (χ4v) is 2.99. The van der Waals surface area contributed by atoms with Crippen molar-refractivity contribution in [2.24, 2.45) is 5.73 Å². The number of carbonyl (C=O) groups is 2. The zero-order valence-corrected chi connectivity index (χ0v) is 15.4. The Morgan fingerprint density at radius 1 is 1.28 bits per heavy atom. The number of carbonyl (C=O) groups excluding carboxylic acids is 2. The number of aromatic nitrogens is 2. The number of hydrogen-bond donors (Lipinski definition) is 2. The fraction of sp³-hybridized carbons (Fsp3) is 0.389. The number of halogens is 3. The van der Waals surface area contributed by atoms with Gasteiger partial charge in [0.05, 0.1) is 18.3 Å². The van der Waals surface area contributed by atoms with Crippen LogP contribution in [0, 0.1) is 0 Å². The molecule has 3 rings (SSSR count). The van der Waals surface area contributed by atoms with Crippen molar-refractivity contribution >= 4 is 34.8 Å². The maximum Gasteiger partial charge on any atom is 0.409 e. The maximum absolute atomic E-state index is 12.1. The molecule has 3 N–H and O–H groups in total. The van der Waals surface area contributed by atoms with Crippen molar-refractivity contribution < 1.29 is 27.5 Å². The number of anilines is 1. The van der Waals surface area contributed by atoms with Crippen molar-refractivity contribution in [1.29, 1.82) is 0 Å². The molecule has 0 bridgehead atoms. The van der Waals surface area contributed by atoms with Crippen molar-refractivity contribution in [3.05, 3.63) is 30.1 Å². The summed E-state index contributed by atoms with van der Waals surface area (Å²) in [4.78, 5) is 33.6. The Bertz CT molecular complexity index is 917. The lowest BCUT2D eigenvalue weighted by atomic mass is 10.2. The third-order valence-corrected chi connectivity index (χ3v) is 4.49. The Kier molecular flexibility index (Phi) is 5.95. The maximum atomic E-state index is 12.1. The van der Waals surface area contributed by atoms with Crippen LogP contribution < -0.4 is 10.6 Å². The summed E-state index contributed by atoms with van der Waals surface area (Å²) in [6.45, 7) is 0.935. The lowest BCUT2D eigenvalue weighted by Gasteiger charge is -2.35. The molecule has 3 heterocycles. The summed E-state index contributed by atoms with van der Waals surface area (Å²) in [6.07, 6.45) is 0.0158. The van der Waals surface area contributed by atoms with Gasteiger partial charge in [0.2, 0.25) is 5.91 Å². The van der Waals surface area contributed by atoms with E-state index in [9.17, 15) is 22.8 Å². The molecule has 11 heteroatoms. The van der Waals surface area contributed by atoms with Crippen LogP contribution in [-0.4, -0.2) is 65.8 Å². The number of rotatable bonds is 5. The van der Waals surface area contributed by atoms with E-state index in [4.69, 9.17) is 10.5 Å². The first-order valence-corrected chi connectivity index (χ1v) is 8.91. The molecule has 2 aromatic rings. The quantitative estimate of drug-likeness (QED) is 0.735. The largest absolute Gasteiger partial charge is 0.449 e. The number of pyridine rings is 1. The second-order valence-electron chi connectivity index (χ2n) is 6.52. The number of hydrogen-bond acceptors (Lipinski definition) is 5. The number of ether oxygens (including phenoxy) is 1. The number of H-pyrrole nitrogens is 1. The first kappa shape index (κ1) is 20.5. The smallest absolute Gasteiger partial charge is 0.409 e. The minimum atomic E-state index is -4.35. The van der Waals surface area contributed by atoms with Crippen LogP contribution in [0.15, 0.2) is 24.5 Å². The molecule has 1 saturated heterocycles. The van der Waals surface area contributed by atoms with Crippen LogP contribution >= 0.6 is 0 Å². The van der Waals surface area contributed by atoms with Crippen LogP contribution in [0.25, 0.3) is 17.1 Å². The monoisotopic (exact) mass is 411 g/mol. The Hall–Kier alpha value is -3.24. The van der Waals surface area contributed by atoms with E-state index in [0.717, 1.165) is 16.6 Å². The molecule has 0 atom stereocenters. The van der Waals surface area contributed by atoms with E-state index in [1.807, 2.05) is 11.0 Å². The molecule has 1 aliphatic heterocycles. The Labute approximate surface area is 164 Å². The van der Waals surface area contributed by atoms with E-state index in [2.05, 4.69) is 9.97 Å². The van der Waals surface area contributed by atoms with E-state index in [0.29, 0.717) is 31.8 Å². The van der Waals surface area contributed by atoms with Gasteiger partial charge < -0.3 is 25.3 Å². The molecule has 0 spiro atoms. The van der Waals surface area contributed by atoms with E-state index in [1.54, 1.807) is 18.5 Å². The van der Waals surface area contributed by atoms with Gasteiger partial charge in [0.1, 0.15) is 12.3 Å². The summed E-state index contributed by atoms with van der Waals surface area (Å²) < 4.78 is 41.1. The van der Waals surface area contributed by atoms with Crippen LogP contribution in [0.3, 0.4) is 0 Å². The van der Waals surface area contributed by atoms with Crippen LogP contribution in [0.4, 0.5) is 23.7 Å². The van der Waals surface area contributed by atoms with Gasteiger partial charge in [-0.3, -0.25) is 4.79 Å². The number of amides is 2. The van der Waals surface area contributed by atoms with Crippen molar-refractivity contribution in [1.82, 2.24) is 14.9 Å². The number of nitrogens with one attached hydrogen (secondary N) is 1. The van der Waals surface area contributed by atoms with Gasteiger partial charge in [-0.1, -0.05) is 0 Å². The average molecular weight is 411 g/mol. The standard InChI is InChI=1S/C18H20F3N5O3/c19-18(20,21)3-8-29-17(28)26-6-4-25(5-7-26)13-9-14-12(1-2-15(22)27)10-23-16(14)24-11-13/h1-2,9-11H,3-8H2,(H2,22,27)(H,23,24). The van der Waals surface area contributed by atoms with Gasteiger partial charge in [0, 0.05) is 49.4 Å². The van der Waals surface area contributed by atoms with Crippen molar-refractivity contribution in [2.45, 2.75) is 12.6 Å².